The number of nitro groups is 2. The molecular weight excluding hydrogens is 224 g/mol. The fourth-order valence-corrected chi connectivity index (χ4v) is 1.05. The van der Waals surface area contributed by atoms with Gasteiger partial charge in [-0.25, -0.2) is 0 Å². The number of nitro benzene ring substituents is 2. The normalized spacial score (nSPS) is 8.73. The molecule has 0 atom stereocenters. The molecule has 0 saturated heterocycles. The van der Waals surface area contributed by atoms with Gasteiger partial charge in [-0.3, -0.25) is 20.2 Å². The molecule has 0 aliphatic heterocycles. The summed E-state index contributed by atoms with van der Waals surface area (Å²) < 4.78 is 0. The van der Waals surface area contributed by atoms with Crippen molar-refractivity contribution in [3.8, 4) is 0 Å². The Morgan fingerprint density at radius 3 is 1.67 bits per heavy atom. The van der Waals surface area contributed by atoms with Crippen molar-refractivity contribution >= 4 is 23.0 Å². The third-order valence-corrected chi connectivity index (χ3v) is 1.74. The van der Waals surface area contributed by atoms with Crippen LogP contribution in [-0.2, 0) is 0 Å². The molecular formula is C8H9ClN2O4. The zero-order valence-corrected chi connectivity index (χ0v) is 8.89. The van der Waals surface area contributed by atoms with Crippen LogP contribution in [0.5, 0.6) is 0 Å². The van der Waals surface area contributed by atoms with Gasteiger partial charge in [-0.1, -0.05) is 25.4 Å². The van der Waals surface area contributed by atoms with Gasteiger partial charge >= 0.3 is 0 Å². The molecule has 0 aliphatic rings. The lowest BCUT2D eigenvalue weighted by atomic mass is 10.3. The minimum atomic E-state index is -0.769. The van der Waals surface area contributed by atoms with E-state index < -0.39 is 26.2 Å². The smallest absolute Gasteiger partial charge is 0.258 e. The van der Waals surface area contributed by atoms with Crippen molar-refractivity contribution in [3.05, 3.63) is 43.5 Å². The molecule has 0 aliphatic carbocycles. The molecule has 82 valence electrons. The van der Waals surface area contributed by atoms with E-state index in [0.29, 0.717) is 0 Å². The predicted octanol–water partition coefficient (Wildman–Crippen LogP) is 3.18. The van der Waals surface area contributed by atoms with Crippen LogP contribution < -0.4 is 0 Å². The summed E-state index contributed by atoms with van der Waals surface area (Å²) >= 11 is 5.42. The molecule has 0 fully saturated rings. The second kappa shape index (κ2) is 5.92. The molecule has 0 aromatic heterocycles. The van der Waals surface area contributed by atoms with E-state index in [2.05, 4.69) is 0 Å². The summed E-state index contributed by atoms with van der Waals surface area (Å²) in [7, 11) is 0. The van der Waals surface area contributed by atoms with Crippen LogP contribution in [0.15, 0.2) is 18.2 Å². The van der Waals surface area contributed by atoms with Gasteiger partial charge in [-0.2, -0.15) is 0 Å². The van der Waals surface area contributed by atoms with E-state index in [1.54, 1.807) is 0 Å². The molecule has 7 heteroatoms. The Labute approximate surface area is 90.8 Å². The average molecular weight is 233 g/mol. The lowest BCUT2D eigenvalue weighted by Crippen LogP contribution is -1.93. The van der Waals surface area contributed by atoms with E-state index in [4.69, 9.17) is 11.6 Å². The number of hydrogen-bond acceptors (Lipinski definition) is 4. The molecule has 1 rings (SSSR count). The number of nitrogens with zero attached hydrogens (tertiary/aromatic N) is 2. The number of benzene rings is 1. The van der Waals surface area contributed by atoms with Crippen molar-refractivity contribution in [1.82, 2.24) is 0 Å². The third kappa shape index (κ3) is 3.17. The summed E-state index contributed by atoms with van der Waals surface area (Å²) in [5.74, 6) is 0. The van der Waals surface area contributed by atoms with Gasteiger partial charge in [0, 0.05) is 12.1 Å². The summed E-state index contributed by atoms with van der Waals surface area (Å²) in [5, 5.41) is 20.1. The third-order valence-electron chi connectivity index (χ3n) is 1.35. The molecule has 6 nitrogen and oxygen atoms in total. The first kappa shape index (κ1) is 13.3. The van der Waals surface area contributed by atoms with Crippen LogP contribution in [0, 0.1) is 20.2 Å². The Balaban J connectivity index is 0.000000921. The molecule has 0 radical (unpaired) electrons. The van der Waals surface area contributed by atoms with Gasteiger partial charge in [0.1, 0.15) is 0 Å². The van der Waals surface area contributed by atoms with Gasteiger partial charge in [0.2, 0.25) is 0 Å². The van der Waals surface area contributed by atoms with Crippen molar-refractivity contribution in [2.45, 2.75) is 13.8 Å². The minimum Gasteiger partial charge on any atom is -0.258 e. The highest BCUT2D eigenvalue weighted by molar-refractivity contribution is 6.34. The lowest BCUT2D eigenvalue weighted by Gasteiger charge is -1.95. The second-order valence-corrected chi connectivity index (χ2v) is 2.50. The first-order chi connectivity index (χ1) is 7.04. The van der Waals surface area contributed by atoms with Crippen molar-refractivity contribution < 1.29 is 9.85 Å². The maximum Gasteiger partial charge on any atom is 0.294 e. The van der Waals surface area contributed by atoms with E-state index in [0.717, 1.165) is 12.1 Å². The summed E-state index contributed by atoms with van der Waals surface area (Å²) in [5.41, 5.74) is -0.924. The van der Waals surface area contributed by atoms with E-state index in [1.165, 1.54) is 6.07 Å². The van der Waals surface area contributed by atoms with Crippen LogP contribution in [0.1, 0.15) is 13.8 Å². The van der Waals surface area contributed by atoms with Gasteiger partial charge in [0.25, 0.3) is 11.4 Å². The zero-order valence-electron chi connectivity index (χ0n) is 8.14. The van der Waals surface area contributed by atoms with Crippen molar-refractivity contribution in [1.29, 1.82) is 0 Å². The topological polar surface area (TPSA) is 86.3 Å². The Morgan fingerprint density at radius 2 is 1.40 bits per heavy atom. The van der Waals surface area contributed by atoms with Gasteiger partial charge < -0.3 is 0 Å². The number of rotatable bonds is 2. The van der Waals surface area contributed by atoms with Crippen LogP contribution >= 0.6 is 11.6 Å². The fourth-order valence-electron chi connectivity index (χ4n) is 0.790. The Kier molecular flexibility index (Phi) is 5.25. The quantitative estimate of drug-likeness (QED) is 0.579. The molecule has 0 N–H and O–H groups in total. The summed E-state index contributed by atoms with van der Waals surface area (Å²) in [6.07, 6.45) is 0. The molecule has 0 saturated carbocycles. The fraction of sp³-hybridized carbons (Fsp3) is 0.250. The summed E-state index contributed by atoms with van der Waals surface area (Å²) in [6.45, 7) is 4.00. The van der Waals surface area contributed by atoms with E-state index >= 15 is 0 Å². The number of halogens is 1. The Morgan fingerprint density at radius 1 is 1.07 bits per heavy atom. The van der Waals surface area contributed by atoms with E-state index in [9.17, 15) is 20.2 Å². The minimum absolute atomic E-state index is 0.447. The maximum absolute atomic E-state index is 10.3. The van der Waals surface area contributed by atoms with Crippen LogP contribution in [0.3, 0.4) is 0 Å². The molecule has 1 aromatic rings. The van der Waals surface area contributed by atoms with Gasteiger partial charge in [0.15, 0.2) is 5.02 Å². The summed E-state index contributed by atoms with van der Waals surface area (Å²) in [6, 6.07) is 3.42. The molecule has 0 spiro atoms. The molecule has 0 amide bonds. The van der Waals surface area contributed by atoms with E-state index in [-0.39, 0.29) is 0 Å². The van der Waals surface area contributed by atoms with Crippen LogP contribution in [0.2, 0.25) is 5.02 Å². The van der Waals surface area contributed by atoms with Crippen LogP contribution in [0.4, 0.5) is 11.4 Å². The SMILES string of the molecule is CC.O=[N+]([O-])c1cccc([N+](=O)[O-])c1Cl. The molecule has 1 aromatic carbocycles. The maximum atomic E-state index is 10.3. The van der Waals surface area contributed by atoms with Gasteiger partial charge in [-0.05, 0) is 6.07 Å². The first-order valence-corrected chi connectivity index (χ1v) is 4.49. The molecule has 0 unspecified atom stereocenters. The summed E-state index contributed by atoms with van der Waals surface area (Å²) in [4.78, 5) is 19.1. The monoisotopic (exact) mass is 232 g/mol. The molecule has 15 heavy (non-hydrogen) atoms. The Bertz CT molecular complexity index is 349. The van der Waals surface area contributed by atoms with Crippen LogP contribution in [0.25, 0.3) is 0 Å². The Hall–Kier alpha value is -1.69. The highest BCUT2D eigenvalue weighted by Crippen LogP contribution is 2.32. The highest BCUT2D eigenvalue weighted by Gasteiger charge is 2.22. The highest BCUT2D eigenvalue weighted by atomic mass is 35.5. The standard InChI is InChI=1S/C6H3ClN2O4.C2H6/c7-6-4(8(10)11)2-1-3-5(6)9(12)13;1-2/h1-3H;1-2H3. The van der Waals surface area contributed by atoms with Gasteiger partial charge in [0.05, 0.1) is 9.85 Å². The van der Waals surface area contributed by atoms with E-state index in [1.807, 2.05) is 13.8 Å². The van der Waals surface area contributed by atoms with Crippen molar-refractivity contribution in [2.24, 2.45) is 0 Å². The average Bonchev–Trinajstić information content (AvgIpc) is 2.20. The largest absolute Gasteiger partial charge is 0.294 e. The predicted molar refractivity (Wildman–Crippen MR) is 56.1 cm³/mol. The lowest BCUT2D eigenvalue weighted by molar-refractivity contribution is -0.393. The van der Waals surface area contributed by atoms with Crippen molar-refractivity contribution in [2.75, 3.05) is 0 Å². The van der Waals surface area contributed by atoms with Gasteiger partial charge in [-0.15, -0.1) is 0 Å². The van der Waals surface area contributed by atoms with Crippen LogP contribution in [-0.4, -0.2) is 9.85 Å². The first-order valence-electron chi connectivity index (χ1n) is 4.11. The molecule has 0 heterocycles. The molecule has 0 bridgehead atoms. The zero-order chi connectivity index (χ0) is 12.0. The number of hydrogen-bond donors (Lipinski definition) is 0. The van der Waals surface area contributed by atoms with Crippen molar-refractivity contribution in [3.63, 3.8) is 0 Å². The second-order valence-electron chi connectivity index (χ2n) is 2.12.